The van der Waals surface area contributed by atoms with E-state index in [9.17, 15) is 18.4 Å². The first-order valence-electron chi connectivity index (χ1n) is 10.3. The lowest BCUT2D eigenvalue weighted by Gasteiger charge is -2.29. The molecule has 0 saturated carbocycles. The monoisotopic (exact) mass is 438 g/mol. The first-order chi connectivity index (χ1) is 15.1. The number of aromatic nitrogens is 2. The zero-order valence-corrected chi connectivity index (χ0v) is 18.3. The Morgan fingerprint density at radius 2 is 1.94 bits per heavy atom. The van der Waals surface area contributed by atoms with E-state index >= 15 is 0 Å². The van der Waals surface area contributed by atoms with Crippen molar-refractivity contribution in [3.05, 3.63) is 71.2 Å². The molecule has 0 fully saturated rings. The summed E-state index contributed by atoms with van der Waals surface area (Å²) in [4.78, 5) is 35.4. The van der Waals surface area contributed by atoms with Gasteiger partial charge in [-0.2, -0.15) is 0 Å². The number of nitrogens with zero attached hydrogens (tertiary/aromatic N) is 2. The minimum Gasteiger partial charge on any atom is -0.350 e. The summed E-state index contributed by atoms with van der Waals surface area (Å²) in [6, 6.07) is 6.64. The molecule has 2 N–H and O–H groups in total. The third-order valence-corrected chi connectivity index (χ3v) is 5.46. The number of amides is 2. The minimum atomic E-state index is -1.10. The van der Waals surface area contributed by atoms with Crippen LogP contribution in [-0.4, -0.2) is 39.3 Å². The lowest BCUT2D eigenvalue weighted by atomic mass is 9.82. The van der Waals surface area contributed by atoms with Gasteiger partial charge in [-0.25, -0.2) is 13.8 Å². The summed E-state index contributed by atoms with van der Waals surface area (Å²) in [5, 5.41) is 3.73. The SMILES string of the molecule is CC(C)NC(=O)C1=CN(C(=O)c2ccc(F)c(F)c2)CC(C)(C)c2c1[nH]c1ncccc21. The molecule has 0 atom stereocenters. The highest BCUT2D eigenvalue weighted by Gasteiger charge is 2.37. The molecule has 0 bridgehead atoms. The molecule has 1 aliphatic heterocycles. The van der Waals surface area contributed by atoms with Crippen molar-refractivity contribution in [1.29, 1.82) is 0 Å². The summed E-state index contributed by atoms with van der Waals surface area (Å²) < 4.78 is 27.2. The van der Waals surface area contributed by atoms with Crippen LogP contribution in [0.5, 0.6) is 0 Å². The number of carbonyl (C=O) groups is 2. The molecule has 0 radical (unpaired) electrons. The van der Waals surface area contributed by atoms with E-state index in [0.717, 1.165) is 23.1 Å². The summed E-state index contributed by atoms with van der Waals surface area (Å²) >= 11 is 0. The van der Waals surface area contributed by atoms with Crippen molar-refractivity contribution in [3.63, 3.8) is 0 Å². The third-order valence-electron chi connectivity index (χ3n) is 5.46. The van der Waals surface area contributed by atoms with Gasteiger partial charge in [0.25, 0.3) is 11.8 Å². The largest absolute Gasteiger partial charge is 0.350 e. The fourth-order valence-electron chi connectivity index (χ4n) is 4.14. The second-order valence-corrected chi connectivity index (χ2v) is 8.89. The Balaban J connectivity index is 1.89. The molecule has 166 valence electrons. The lowest BCUT2D eigenvalue weighted by Crippen LogP contribution is -2.37. The summed E-state index contributed by atoms with van der Waals surface area (Å²) in [6.07, 6.45) is 3.14. The first kappa shape index (κ1) is 21.7. The van der Waals surface area contributed by atoms with Crippen LogP contribution in [0.3, 0.4) is 0 Å². The number of benzene rings is 1. The Labute approximate surface area is 184 Å². The van der Waals surface area contributed by atoms with E-state index < -0.39 is 23.0 Å². The van der Waals surface area contributed by atoms with Crippen LogP contribution in [0.4, 0.5) is 8.78 Å². The fourth-order valence-corrected chi connectivity index (χ4v) is 4.14. The molecule has 6 nitrogen and oxygen atoms in total. The topological polar surface area (TPSA) is 78.1 Å². The number of pyridine rings is 1. The molecule has 0 spiro atoms. The molecule has 2 aromatic heterocycles. The van der Waals surface area contributed by atoms with Gasteiger partial charge in [-0.1, -0.05) is 13.8 Å². The second kappa shape index (κ2) is 7.85. The Kier molecular flexibility index (Phi) is 5.32. The number of carbonyl (C=O) groups excluding carboxylic acids is 2. The van der Waals surface area contributed by atoms with Crippen molar-refractivity contribution in [2.75, 3.05) is 6.54 Å². The summed E-state index contributed by atoms with van der Waals surface area (Å²) in [5.74, 6) is -3.01. The van der Waals surface area contributed by atoms with E-state index in [2.05, 4.69) is 15.3 Å². The molecule has 1 aromatic carbocycles. The average molecular weight is 438 g/mol. The molecule has 2 amide bonds. The molecule has 0 unspecified atom stereocenters. The number of hydrogen-bond acceptors (Lipinski definition) is 3. The maximum absolute atomic E-state index is 13.8. The molecule has 3 heterocycles. The predicted molar refractivity (Wildman–Crippen MR) is 118 cm³/mol. The van der Waals surface area contributed by atoms with Crippen molar-refractivity contribution < 1.29 is 18.4 Å². The molecular weight excluding hydrogens is 414 g/mol. The van der Waals surface area contributed by atoms with E-state index in [-0.39, 0.29) is 29.6 Å². The first-order valence-corrected chi connectivity index (χ1v) is 10.3. The van der Waals surface area contributed by atoms with Crippen molar-refractivity contribution in [2.24, 2.45) is 0 Å². The Bertz CT molecular complexity index is 1260. The highest BCUT2D eigenvalue weighted by molar-refractivity contribution is 6.21. The van der Waals surface area contributed by atoms with Gasteiger partial charge in [0.2, 0.25) is 0 Å². The van der Waals surface area contributed by atoms with Crippen LogP contribution in [0.25, 0.3) is 16.6 Å². The average Bonchev–Trinajstić information content (AvgIpc) is 3.06. The van der Waals surface area contributed by atoms with Crippen LogP contribution in [0.15, 0.2) is 42.7 Å². The maximum Gasteiger partial charge on any atom is 0.257 e. The quantitative estimate of drug-likeness (QED) is 0.645. The highest BCUT2D eigenvalue weighted by atomic mass is 19.2. The number of H-pyrrole nitrogens is 1. The van der Waals surface area contributed by atoms with E-state index in [0.29, 0.717) is 11.3 Å². The zero-order chi connectivity index (χ0) is 23.2. The van der Waals surface area contributed by atoms with Crippen LogP contribution >= 0.6 is 0 Å². The molecule has 8 heteroatoms. The third kappa shape index (κ3) is 3.77. The van der Waals surface area contributed by atoms with E-state index in [4.69, 9.17) is 0 Å². The number of hydrogen-bond donors (Lipinski definition) is 2. The summed E-state index contributed by atoms with van der Waals surface area (Å²) in [7, 11) is 0. The number of fused-ring (bicyclic) bond motifs is 3. The van der Waals surface area contributed by atoms with Crippen LogP contribution < -0.4 is 5.32 Å². The summed E-state index contributed by atoms with van der Waals surface area (Å²) in [5.41, 5.74) is 1.79. The van der Waals surface area contributed by atoms with Crippen molar-refractivity contribution in [2.45, 2.75) is 39.2 Å². The number of aromatic amines is 1. The lowest BCUT2D eigenvalue weighted by molar-refractivity contribution is -0.116. The molecule has 0 aliphatic carbocycles. The molecule has 3 aromatic rings. The van der Waals surface area contributed by atoms with Gasteiger partial charge in [0.1, 0.15) is 5.65 Å². The van der Waals surface area contributed by atoms with Gasteiger partial charge in [0.15, 0.2) is 11.6 Å². The van der Waals surface area contributed by atoms with Crippen LogP contribution in [-0.2, 0) is 10.2 Å². The van der Waals surface area contributed by atoms with E-state index in [1.165, 1.54) is 17.2 Å². The van der Waals surface area contributed by atoms with Gasteiger partial charge < -0.3 is 15.2 Å². The van der Waals surface area contributed by atoms with Crippen LogP contribution in [0.2, 0.25) is 0 Å². The Hall–Kier alpha value is -3.55. The minimum absolute atomic E-state index is 0.00310. The van der Waals surface area contributed by atoms with Crippen molar-refractivity contribution >= 4 is 28.4 Å². The Morgan fingerprint density at radius 3 is 2.62 bits per heavy atom. The molecule has 4 rings (SSSR count). The van der Waals surface area contributed by atoms with Gasteiger partial charge >= 0.3 is 0 Å². The predicted octanol–water partition coefficient (Wildman–Crippen LogP) is 4.14. The smallest absolute Gasteiger partial charge is 0.257 e. The number of halogens is 2. The summed E-state index contributed by atoms with van der Waals surface area (Å²) in [6.45, 7) is 7.84. The van der Waals surface area contributed by atoms with Gasteiger partial charge in [-0.3, -0.25) is 9.59 Å². The molecular formula is C24H24F2N4O2. The van der Waals surface area contributed by atoms with Gasteiger partial charge in [0, 0.05) is 41.3 Å². The van der Waals surface area contributed by atoms with Crippen molar-refractivity contribution in [1.82, 2.24) is 20.2 Å². The van der Waals surface area contributed by atoms with E-state index in [1.807, 2.05) is 39.8 Å². The second-order valence-electron chi connectivity index (χ2n) is 8.89. The van der Waals surface area contributed by atoms with Gasteiger partial charge in [-0.05, 0) is 49.7 Å². The highest BCUT2D eigenvalue weighted by Crippen LogP contribution is 2.39. The normalized spacial score (nSPS) is 15.3. The van der Waals surface area contributed by atoms with Crippen LogP contribution in [0, 0.1) is 11.6 Å². The van der Waals surface area contributed by atoms with E-state index in [1.54, 1.807) is 6.20 Å². The fraction of sp³-hybridized carbons (Fsp3) is 0.292. The Morgan fingerprint density at radius 1 is 1.19 bits per heavy atom. The van der Waals surface area contributed by atoms with Gasteiger partial charge in [0.05, 0.1) is 11.3 Å². The molecule has 32 heavy (non-hydrogen) atoms. The zero-order valence-electron chi connectivity index (χ0n) is 18.3. The maximum atomic E-state index is 13.8. The molecule has 1 aliphatic rings. The standard InChI is InChI=1S/C24H24F2N4O2/c1-13(2)28-22(31)16-11-30(23(32)14-7-8-17(25)18(26)10-14)12-24(3,4)19-15-6-5-9-27-21(15)29-20(16)19/h5-11,13H,12H2,1-4H3,(H,27,29)(H,28,31). The van der Waals surface area contributed by atoms with Crippen molar-refractivity contribution in [3.8, 4) is 0 Å². The van der Waals surface area contributed by atoms with Crippen LogP contribution in [0.1, 0.15) is 49.3 Å². The molecule has 0 saturated heterocycles. The number of nitrogens with one attached hydrogen (secondary N) is 2. The van der Waals surface area contributed by atoms with Gasteiger partial charge in [-0.15, -0.1) is 0 Å². The number of rotatable bonds is 3.